The summed E-state index contributed by atoms with van der Waals surface area (Å²) in [6, 6.07) is 16.5. The molecule has 0 aromatic heterocycles. The Morgan fingerprint density at radius 3 is 1.68 bits per heavy atom. The fraction of sp³-hybridized carbons (Fsp3) is 0.679. The molecule has 10 nitrogen and oxygen atoms in total. The molecule has 2 aromatic rings. The molecule has 3 N–H and O–H groups in total. The third-order valence-electron chi connectivity index (χ3n) is 13.1. The van der Waals surface area contributed by atoms with Gasteiger partial charge >= 0.3 is 11.9 Å². The summed E-state index contributed by atoms with van der Waals surface area (Å²) in [4.78, 5) is 36.7. The highest BCUT2D eigenvalue weighted by atomic mass is 16.6. The van der Waals surface area contributed by atoms with Gasteiger partial charge in [0.05, 0.1) is 50.7 Å². The van der Waals surface area contributed by atoms with Crippen molar-refractivity contribution in [2.24, 2.45) is 0 Å². The van der Waals surface area contributed by atoms with Crippen LogP contribution in [0.2, 0.25) is 0 Å². The molecular formula is C53H78O10. The van der Waals surface area contributed by atoms with Crippen LogP contribution in [0.3, 0.4) is 0 Å². The summed E-state index contributed by atoms with van der Waals surface area (Å²) in [5.41, 5.74) is 2.80. The predicted molar refractivity (Wildman–Crippen MR) is 245 cm³/mol. The Morgan fingerprint density at radius 1 is 0.667 bits per heavy atom. The molecule has 350 valence electrons. The highest BCUT2D eigenvalue weighted by Gasteiger charge is 2.40. The fourth-order valence-corrected chi connectivity index (χ4v) is 9.30. The van der Waals surface area contributed by atoms with E-state index in [-0.39, 0.29) is 54.7 Å². The summed E-state index contributed by atoms with van der Waals surface area (Å²) >= 11 is 0. The highest BCUT2D eigenvalue weighted by molar-refractivity contribution is 6.08. The van der Waals surface area contributed by atoms with Crippen molar-refractivity contribution in [3.8, 4) is 0 Å². The fourth-order valence-electron chi connectivity index (χ4n) is 9.30. The van der Waals surface area contributed by atoms with Crippen LogP contribution in [-0.4, -0.2) is 88.5 Å². The zero-order valence-electron chi connectivity index (χ0n) is 39.1. The van der Waals surface area contributed by atoms with Gasteiger partial charge in [-0.15, -0.1) is 0 Å². The zero-order chi connectivity index (χ0) is 45.5. The molecule has 1 unspecified atom stereocenters. The second-order valence-corrected chi connectivity index (χ2v) is 18.4. The third-order valence-corrected chi connectivity index (χ3v) is 13.1. The Balaban J connectivity index is 0.790. The molecule has 2 aromatic carbocycles. The molecule has 0 bridgehead atoms. The Bertz CT molecular complexity index is 1680. The number of unbranched alkanes of at least 4 members (excludes halogenated alkanes) is 13. The normalized spacial score (nSPS) is 23.2. The number of carbonyl (C=O) groups excluding carboxylic acids is 3. The van der Waals surface area contributed by atoms with E-state index < -0.39 is 24.9 Å². The molecule has 0 amide bonds. The Morgan fingerprint density at radius 2 is 1.16 bits per heavy atom. The monoisotopic (exact) mass is 877 g/mol. The second kappa shape index (κ2) is 28.5. The molecule has 63 heavy (non-hydrogen) atoms. The van der Waals surface area contributed by atoms with Crippen LogP contribution in [-0.2, 0) is 35.0 Å². The molecule has 3 aliphatic heterocycles. The molecule has 3 aliphatic rings. The van der Waals surface area contributed by atoms with Crippen LogP contribution in [0.4, 0.5) is 0 Å². The highest BCUT2D eigenvalue weighted by Crippen LogP contribution is 2.35. The number of ketones is 1. The van der Waals surface area contributed by atoms with E-state index in [1.165, 1.54) is 12.8 Å². The number of aliphatic hydroxyl groups excluding tert-OH is 3. The number of aliphatic hydroxyl groups is 3. The van der Waals surface area contributed by atoms with Crippen molar-refractivity contribution in [3.05, 3.63) is 82.9 Å². The SMILES string of the molecule is [3H]C(CCCCCCCCC[C@@H](O)[C@H]1CC[C@H]([C@H]2CC[C@H]([C@H](O)CCCCCCCCCC[C@@H](O)CC3=C[C@H](C)OC3=O)O2)O1)OC(=O)CCc1ccc(C(=O)c2ccccc2)cc1. The standard InChI is InChI=1S/C53H78O10/c1-39-37-43(53(59)61-39)38-44(54)23-17-10-6-2-3-7-11-18-24-45(55)47-31-33-49(62-47)50-34-32-48(63-50)46(56)25-19-12-8-4-5-9-13-20-36-60-51(57)35-28-40-26-29-42(30-27-40)52(58)41-21-15-14-16-22-41/h14-16,21-22,26-27,29-30,37,39,44-50,54-56H,2-13,17-20,23-25,28,31-36,38H2,1H3/t39-,44+,45+,46+,47+,48+,49+,50+/m0/s1/i36T/t36?,39-,44+,45+,46+,47+,48+,49+,50+. The van der Waals surface area contributed by atoms with Crippen LogP contribution in [0.15, 0.2) is 66.2 Å². The molecule has 5 rings (SSSR count). The Kier molecular flexibility index (Phi) is 22.2. The first kappa shape index (κ1) is 49.0. The predicted octanol–water partition coefficient (Wildman–Crippen LogP) is 10.2. The number of aryl methyl sites for hydroxylation is 1. The van der Waals surface area contributed by atoms with Gasteiger partial charge in [-0.05, 0) is 76.4 Å². The number of carbonyl (C=O) groups is 3. The molecule has 9 atom stereocenters. The van der Waals surface area contributed by atoms with Crippen LogP contribution in [0.1, 0.15) is 190 Å². The van der Waals surface area contributed by atoms with E-state index in [2.05, 4.69) is 0 Å². The maximum Gasteiger partial charge on any atom is 0.334 e. The minimum atomic E-state index is -0.847. The van der Waals surface area contributed by atoms with Gasteiger partial charge in [0.1, 0.15) is 6.10 Å². The number of hydrogen-bond donors (Lipinski definition) is 3. The van der Waals surface area contributed by atoms with Gasteiger partial charge in [0, 0.05) is 29.5 Å². The lowest BCUT2D eigenvalue weighted by molar-refractivity contribution is -0.143. The van der Waals surface area contributed by atoms with E-state index in [1.54, 1.807) is 30.3 Å². The summed E-state index contributed by atoms with van der Waals surface area (Å²) in [7, 11) is 0. The van der Waals surface area contributed by atoms with Crippen molar-refractivity contribution in [2.45, 2.75) is 223 Å². The number of esters is 2. The largest absolute Gasteiger partial charge is 0.466 e. The summed E-state index contributed by atoms with van der Waals surface area (Å²) in [6.45, 7) is 0.984. The summed E-state index contributed by atoms with van der Waals surface area (Å²) in [6.07, 6.45) is 23.2. The quantitative estimate of drug-likeness (QED) is 0.0368. The lowest BCUT2D eigenvalue weighted by atomic mass is 10.00. The van der Waals surface area contributed by atoms with Gasteiger partial charge in [0.25, 0.3) is 0 Å². The zero-order valence-corrected chi connectivity index (χ0v) is 38.1. The van der Waals surface area contributed by atoms with Gasteiger partial charge in [-0.2, -0.15) is 0 Å². The first-order valence-corrected chi connectivity index (χ1v) is 24.6. The van der Waals surface area contributed by atoms with Crippen LogP contribution < -0.4 is 0 Å². The van der Waals surface area contributed by atoms with Crippen molar-refractivity contribution in [3.63, 3.8) is 0 Å². The lowest BCUT2D eigenvalue weighted by Crippen LogP contribution is -2.33. The topological polar surface area (TPSA) is 149 Å². The van der Waals surface area contributed by atoms with Crippen molar-refractivity contribution in [2.75, 3.05) is 6.58 Å². The average molecular weight is 877 g/mol. The first-order chi connectivity index (χ1) is 31.0. The number of cyclic esters (lactones) is 1. The van der Waals surface area contributed by atoms with Gasteiger partial charge in [0.2, 0.25) is 0 Å². The van der Waals surface area contributed by atoms with Crippen LogP contribution in [0.5, 0.6) is 0 Å². The number of ether oxygens (including phenoxy) is 4. The van der Waals surface area contributed by atoms with Crippen molar-refractivity contribution in [1.29, 1.82) is 0 Å². The minimum absolute atomic E-state index is 0.00958. The average Bonchev–Trinajstić information content (AvgIpc) is 4.06. The van der Waals surface area contributed by atoms with Gasteiger partial charge in [-0.25, -0.2) is 4.79 Å². The molecule has 3 heterocycles. The van der Waals surface area contributed by atoms with Gasteiger partial charge in [0.15, 0.2) is 5.78 Å². The molecular weight excluding hydrogens is 797 g/mol. The van der Waals surface area contributed by atoms with Crippen molar-refractivity contribution >= 4 is 17.7 Å². The number of benzene rings is 2. The molecule has 0 aliphatic carbocycles. The van der Waals surface area contributed by atoms with Crippen LogP contribution in [0.25, 0.3) is 0 Å². The molecule has 0 saturated carbocycles. The molecule has 0 spiro atoms. The Labute approximate surface area is 378 Å². The summed E-state index contributed by atoms with van der Waals surface area (Å²) in [5.74, 6) is -0.695. The van der Waals surface area contributed by atoms with Crippen molar-refractivity contribution < 1.29 is 50.0 Å². The number of hydrogen-bond acceptors (Lipinski definition) is 10. The molecule has 0 radical (unpaired) electrons. The van der Waals surface area contributed by atoms with Crippen LogP contribution >= 0.6 is 0 Å². The van der Waals surface area contributed by atoms with E-state index in [9.17, 15) is 29.7 Å². The van der Waals surface area contributed by atoms with Crippen molar-refractivity contribution in [1.82, 2.24) is 0 Å². The summed E-state index contributed by atoms with van der Waals surface area (Å²) in [5, 5.41) is 32.0. The third kappa shape index (κ3) is 18.5. The lowest BCUT2D eigenvalue weighted by Gasteiger charge is -2.24. The maximum atomic E-state index is 12.6. The van der Waals surface area contributed by atoms with Crippen LogP contribution in [0, 0.1) is 0 Å². The first-order valence-electron chi connectivity index (χ1n) is 25.2. The summed E-state index contributed by atoms with van der Waals surface area (Å²) < 4.78 is 31.2. The van der Waals surface area contributed by atoms with E-state index in [0.717, 1.165) is 128 Å². The van der Waals surface area contributed by atoms with E-state index in [4.69, 9.17) is 20.3 Å². The molecule has 2 fully saturated rings. The van der Waals surface area contributed by atoms with Gasteiger partial charge < -0.3 is 34.3 Å². The van der Waals surface area contributed by atoms with Gasteiger partial charge in [-0.3, -0.25) is 9.59 Å². The van der Waals surface area contributed by atoms with E-state index in [0.29, 0.717) is 42.4 Å². The molecule has 2 saturated heterocycles. The second-order valence-electron chi connectivity index (χ2n) is 18.4. The van der Waals surface area contributed by atoms with E-state index >= 15 is 0 Å². The van der Waals surface area contributed by atoms with Gasteiger partial charge in [-0.1, -0.05) is 151 Å². The smallest absolute Gasteiger partial charge is 0.334 e. The molecule has 10 heteroatoms. The van der Waals surface area contributed by atoms with E-state index in [1.807, 2.05) is 37.3 Å². The minimum Gasteiger partial charge on any atom is -0.466 e. The number of rotatable bonds is 32. The maximum absolute atomic E-state index is 12.6. The Hall–Kier alpha value is -3.41.